The summed E-state index contributed by atoms with van der Waals surface area (Å²) in [7, 11) is 4.54. The van der Waals surface area contributed by atoms with Crippen molar-refractivity contribution in [2.75, 3.05) is 52.3 Å². The first-order valence-corrected chi connectivity index (χ1v) is 23.1. The molecule has 5 heterocycles. The molecule has 12 N–H and O–H groups in total. The van der Waals surface area contributed by atoms with E-state index in [0.717, 1.165) is 19.1 Å². The molecule has 0 spiro atoms. The largest absolute Gasteiger partial charge is 0.478 e. The summed E-state index contributed by atoms with van der Waals surface area (Å²) < 4.78 is 30.2. The molecule has 5 aliphatic heterocycles. The molecule has 12 atom stereocenters. The Morgan fingerprint density at radius 1 is 1.22 bits per heavy atom. The van der Waals surface area contributed by atoms with Gasteiger partial charge in [0.25, 0.3) is 0 Å². The van der Waals surface area contributed by atoms with Crippen molar-refractivity contribution in [2.24, 2.45) is 28.5 Å². The number of carbonyl (C=O) groups is 2. The molecule has 4 bridgehead atoms. The van der Waals surface area contributed by atoms with Gasteiger partial charge in [-0.1, -0.05) is 39.5 Å². The summed E-state index contributed by atoms with van der Waals surface area (Å²) >= 11 is 0. The number of likely N-dealkylation sites (N-methyl/N-ethyl adjacent to an activating group) is 1. The highest BCUT2D eigenvalue weighted by atomic mass is 33.1. The number of hydrogen-bond acceptors (Lipinski definition) is 19. The van der Waals surface area contributed by atoms with E-state index in [1.54, 1.807) is 21.8 Å². The number of allylic oxidation sites excluding steroid dienone is 1. The van der Waals surface area contributed by atoms with Crippen molar-refractivity contribution in [3.63, 3.8) is 0 Å². The van der Waals surface area contributed by atoms with Gasteiger partial charge in [0.15, 0.2) is 18.4 Å². The summed E-state index contributed by atoms with van der Waals surface area (Å²) in [5.74, 6) is -0.264. The molecule has 6 aliphatic rings. The standard InChI is InChI=1S/C41H57N5O15S2/c1-3-24-32-21-7-5-10-30(27(16-48)46-14-23(13-21)33(25(15-46)36(52)53)45-40(42)44-11-6-12-47)63-62-20-22-8-4-9-28(22)58-37(54)26(32)19-57-38(24)61-39-35(60-31(18-50)43-2)41(55,56)34(51)29(17-49)59-39/h3,13,15,19,22,24,27-32,34-35,38-39,43,47-51,55-56H,1,4,6,8-12,14,16-18,20H2,2H3,(H,52,53)(H3,42,44,45). The summed E-state index contributed by atoms with van der Waals surface area (Å²) in [5, 5.41) is 89.3. The van der Waals surface area contributed by atoms with E-state index >= 15 is 0 Å². The molecular formula is C41H57N5O15S2. The number of ether oxygens (including phenoxy) is 5. The second-order valence-electron chi connectivity index (χ2n) is 15.8. The smallest absolute Gasteiger partial charge is 0.339 e. The van der Waals surface area contributed by atoms with Gasteiger partial charge in [-0.2, -0.15) is 0 Å². The number of aliphatic carboxylic acids is 1. The van der Waals surface area contributed by atoms with E-state index in [1.807, 2.05) is 0 Å². The van der Waals surface area contributed by atoms with Crippen molar-refractivity contribution in [2.45, 2.75) is 92.4 Å². The van der Waals surface area contributed by atoms with Crippen LogP contribution in [0.2, 0.25) is 0 Å². The SMILES string of the molecule is C=CC1C(OC2OC(CO)C(O)C(O)(O)C2OC(CO)NC)OC=C2C(=O)OC3CCCC3CSSC3CC#CC(=CC4=C(NC(N)=NCCCO)C(C(=O)O)=CN(C4)C3CO)C21. The minimum absolute atomic E-state index is 0.0143. The summed E-state index contributed by atoms with van der Waals surface area (Å²) in [6.07, 6.45) is -2.01. The van der Waals surface area contributed by atoms with Crippen LogP contribution in [0.5, 0.6) is 0 Å². The summed E-state index contributed by atoms with van der Waals surface area (Å²) in [4.78, 5) is 33.5. The third-order valence-electron chi connectivity index (χ3n) is 11.8. The van der Waals surface area contributed by atoms with E-state index in [4.69, 9.17) is 29.4 Å². The lowest BCUT2D eigenvalue weighted by Gasteiger charge is -2.48. The highest BCUT2D eigenvalue weighted by Gasteiger charge is 2.58. The number of carboxylic acids is 1. The number of hydrogen-bond donors (Lipinski definition) is 11. The molecule has 1 aliphatic carbocycles. The van der Waals surface area contributed by atoms with E-state index in [9.17, 15) is 50.4 Å². The average molecular weight is 924 g/mol. The molecule has 2 fully saturated rings. The van der Waals surface area contributed by atoms with Crippen LogP contribution in [0.15, 0.2) is 64.2 Å². The molecule has 0 radical (unpaired) electrons. The molecule has 1 saturated heterocycles. The fourth-order valence-corrected chi connectivity index (χ4v) is 11.6. The fraction of sp³-hybridized carbons (Fsp3) is 0.634. The quantitative estimate of drug-likeness (QED) is 0.0136. The molecule has 0 aromatic rings. The van der Waals surface area contributed by atoms with Gasteiger partial charge >= 0.3 is 11.9 Å². The van der Waals surface area contributed by atoms with E-state index in [1.165, 1.54) is 30.1 Å². The molecule has 348 valence electrons. The van der Waals surface area contributed by atoms with Gasteiger partial charge in [-0.3, -0.25) is 10.3 Å². The highest BCUT2D eigenvalue weighted by molar-refractivity contribution is 8.77. The van der Waals surface area contributed by atoms with Gasteiger partial charge in [-0.25, -0.2) is 9.59 Å². The number of rotatable bonds is 14. The average Bonchev–Trinajstić information content (AvgIpc) is 3.70. The van der Waals surface area contributed by atoms with Crippen molar-refractivity contribution in [3.05, 3.63) is 59.2 Å². The van der Waals surface area contributed by atoms with Gasteiger partial charge in [0, 0.05) is 60.7 Å². The van der Waals surface area contributed by atoms with E-state index in [0.29, 0.717) is 24.2 Å². The first-order chi connectivity index (χ1) is 30.3. The minimum Gasteiger partial charge on any atom is -0.478 e. The predicted octanol–water partition coefficient (Wildman–Crippen LogP) is -1.66. The van der Waals surface area contributed by atoms with E-state index < -0.39 is 92.0 Å². The normalized spacial score (nSPS) is 33.8. The Balaban J connectivity index is 1.53. The summed E-state index contributed by atoms with van der Waals surface area (Å²) in [6, 6.07) is -0.582. The lowest BCUT2D eigenvalue weighted by Crippen LogP contribution is -2.69. The molecule has 0 aromatic heterocycles. The lowest BCUT2D eigenvalue weighted by atomic mass is 9.77. The third-order valence-corrected chi connectivity index (χ3v) is 14.8. The number of esters is 1. The van der Waals surface area contributed by atoms with Gasteiger partial charge in [0.05, 0.1) is 54.9 Å². The molecule has 63 heavy (non-hydrogen) atoms. The molecular weight excluding hydrogens is 867 g/mol. The van der Waals surface area contributed by atoms with Gasteiger partial charge in [0.1, 0.15) is 24.5 Å². The molecule has 0 aromatic carbocycles. The number of nitrogens with zero attached hydrogens (tertiary/aromatic N) is 2. The number of carboxylic acid groups (broad SMARTS) is 1. The van der Waals surface area contributed by atoms with Gasteiger partial charge in [-0.05, 0) is 44.4 Å². The van der Waals surface area contributed by atoms with E-state index in [2.05, 4.69) is 34.0 Å². The summed E-state index contributed by atoms with van der Waals surface area (Å²) in [6.45, 7) is 2.26. The number of nitrogens with two attached hydrogens (primary N) is 1. The van der Waals surface area contributed by atoms with Crippen LogP contribution in [-0.2, 0) is 33.3 Å². The number of fused-ring (bicyclic) bond motifs is 8. The van der Waals surface area contributed by atoms with Crippen LogP contribution in [0.25, 0.3) is 0 Å². The summed E-state index contributed by atoms with van der Waals surface area (Å²) in [5.41, 5.74) is 6.76. The number of nitrogens with one attached hydrogen (secondary N) is 2. The van der Waals surface area contributed by atoms with Crippen molar-refractivity contribution in [3.8, 4) is 11.8 Å². The molecule has 12 unspecified atom stereocenters. The Hall–Kier alpha value is -3.67. The number of aliphatic hydroxyl groups is 7. The topological polar surface area (TPSA) is 308 Å². The second kappa shape index (κ2) is 22.0. The van der Waals surface area contributed by atoms with E-state index in [-0.39, 0.29) is 72.3 Å². The van der Waals surface area contributed by atoms with Crippen molar-refractivity contribution in [1.29, 1.82) is 0 Å². The lowest BCUT2D eigenvalue weighted by molar-refractivity contribution is -0.416. The van der Waals surface area contributed by atoms with Gasteiger partial charge in [-0.15, -0.1) is 6.58 Å². The van der Waals surface area contributed by atoms with Crippen molar-refractivity contribution in [1.82, 2.24) is 15.5 Å². The number of carbonyl (C=O) groups excluding carboxylic acids is 1. The van der Waals surface area contributed by atoms with Gasteiger partial charge < -0.3 is 80.5 Å². The molecule has 20 nitrogen and oxygen atoms in total. The maximum absolute atomic E-state index is 14.5. The predicted molar refractivity (Wildman–Crippen MR) is 228 cm³/mol. The zero-order valence-electron chi connectivity index (χ0n) is 34.7. The van der Waals surface area contributed by atoms with Crippen LogP contribution in [-0.4, -0.2) is 176 Å². The fourth-order valence-electron chi connectivity index (χ4n) is 8.36. The molecule has 6 rings (SSSR count). The number of aliphatic imine (C=N–C) groups is 1. The maximum atomic E-state index is 14.5. The monoisotopic (exact) mass is 923 g/mol. The van der Waals surface area contributed by atoms with Crippen molar-refractivity contribution < 1.29 is 74.1 Å². The van der Waals surface area contributed by atoms with Crippen LogP contribution in [0, 0.1) is 29.6 Å². The third kappa shape index (κ3) is 10.9. The maximum Gasteiger partial charge on any atom is 0.339 e. The Kier molecular flexibility index (Phi) is 17.0. The Morgan fingerprint density at radius 2 is 2.02 bits per heavy atom. The van der Waals surface area contributed by atoms with Crippen molar-refractivity contribution >= 4 is 39.5 Å². The Bertz CT molecular complexity index is 1900. The van der Waals surface area contributed by atoms with Crippen LogP contribution in [0.3, 0.4) is 0 Å². The number of aliphatic hydroxyl groups excluding tert-OH is 5. The van der Waals surface area contributed by atoms with Crippen LogP contribution in [0.4, 0.5) is 0 Å². The molecule has 0 amide bonds. The molecule has 1 saturated carbocycles. The van der Waals surface area contributed by atoms with Crippen LogP contribution >= 0.6 is 21.6 Å². The van der Waals surface area contributed by atoms with Crippen LogP contribution in [0.1, 0.15) is 32.1 Å². The zero-order valence-corrected chi connectivity index (χ0v) is 36.3. The zero-order chi connectivity index (χ0) is 45.4. The molecule has 22 heteroatoms. The highest BCUT2D eigenvalue weighted by Crippen LogP contribution is 2.44. The first kappa shape index (κ1) is 48.8. The van der Waals surface area contributed by atoms with Gasteiger partial charge in [0.2, 0.25) is 12.1 Å². The Morgan fingerprint density at radius 3 is 2.70 bits per heavy atom. The Labute approximate surface area is 372 Å². The minimum atomic E-state index is -3.10. The number of guanidine groups is 1. The first-order valence-electron chi connectivity index (χ1n) is 20.7. The van der Waals surface area contributed by atoms with Crippen LogP contribution < -0.4 is 16.4 Å². The second-order valence-corrected chi connectivity index (χ2v) is 18.4.